The zero-order chi connectivity index (χ0) is 14.0. The third-order valence-electron chi connectivity index (χ3n) is 4.64. The molecule has 0 unspecified atom stereocenters. The molecule has 1 aliphatic heterocycles. The molecule has 2 fully saturated rings. The number of hydrogen-bond acceptors (Lipinski definition) is 4. The van der Waals surface area contributed by atoms with E-state index in [4.69, 9.17) is 10.5 Å². The van der Waals surface area contributed by atoms with Gasteiger partial charge in [-0.3, -0.25) is 0 Å². The molecule has 1 aliphatic carbocycles. The van der Waals surface area contributed by atoms with Gasteiger partial charge in [-0.1, -0.05) is 19.3 Å². The SMILES string of the molecule is NC1(c2cc(N3CCOCC3)ccc2O)CCCCC1. The zero-order valence-corrected chi connectivity index (χ0v) is 12.0. The van der Waals surface area contributed by atoms with Crippen LogP contribution in [0.5, 0.6) is 5.75 Å². The third-order valence-corrected chi connectivity index (χ3v) is 4.64. The van der Waals surface area contributed by atoms with Crippen LogP contribution in [0.2, 0.25) is 0 Å². The lowest BCUT2D eigenvalue weighted by Gasteiger charge is -2.36. The molecule has 1 saturated heterocycles. The molecule has 1 aromatic carbocycles. The van der Waals surface area contributed by atoms with Crippen molar-refractivity contribution in [2.75, 3.05) is 31.2 Å². The highest BCUT2D eigenvalue weighted by Gasteiger charge is 2.32. The maximum atomic E-state index is 10.2. The molecular weight excluding hydrogens is 252 g/mol. The number of ether oxygens (including phenoxy) is 1. The Hall–Kier alpha value is -1.26. The molecule has 20 heavy (non-hydrogen) atoms. The Labute approximate surface area is 120 Å². The van der Waals surface area contributed by atoms with Crippen LogP contribution in [0.3, 0.4) is 0 Å². The van der Waals surface area contributed by atoms with Crippen molar-refractivity contribution >= 4 is 5.69 Å². The van der Waals surface area contributed by atoms with Crippen LogP contribution in [-0.2, 0) is 10.3 Å². The van der Waals surface area contributed by atoms with Crippen LogP contribution in [0.15, 0.2) is 18.2 Å². The summed E-state index contributed by atoms with van der Waals surface area (Å²) in [5, 5.41) is 10.2. The molecule has 0 radical (unpaired) electrons. The summed E-state index contributed by atoms with van der Waals surface area (Å²) in [5.74, 6) is 0.339. The van der Waals surface area contributed by atoms with E-state index < -0.39 is 0 Å². The predicted octanol–water partition coefficient (Wildman–Crippen LogP) is 2.35. The fourth-order valence-corrected chi connectivity index (χ4v) is 3.39. The number of hydrogen-bond donors (Lipinski definition) is 2. The van der Waals surface area contributed by atoms with Crippen molar-refractivity contribution < 1.29 is 9.84 Å². The number of benzene rings is 1. The van der Waals surface area contributed by atoms with Gasteiger partial charge < -0.3 is 20.5 Å². The van der Waals surface area contributed by atoms with Gasteiger partial charge in [-0.15, -0.1) is 0 Å². The van der Waals surface area contributed by atoms with Gasteiger partial charge in [0.05, 0.1) is 13.2 Å². The lowest BCUT2D eigenvalue weighted by molar-refractivity contribution is 0.122. The summed E-state index contributed by atoms with van der Waals surface area (Å²) < 4.78 is 5.40. The van der Waals surface area contributed by atoms with Crippen LogP contribution < -0.4 is 10.6 Å². The van der Waals surface area contributed by atoms with Gasteiger partial charge in [-0.2, -0.15) is 0 Å². The van der Waals surface area contributed by atoms with Gasteiger partial charge in [0.15, 0.2) is 0 Å². The van der Waals surface area contributed by atoms with Crippen LogP contribution in [0.1, 0.15) is 37.7 Å². The molecule has 1 heterocycles. The number of nitrogens with zero attached hydrogens (tertiary/aromatic N) is 1. The van der Waals surface area contributed by atoms with E-state index in [9.17, 15) is 5.11 Å². The molecule has 0 bridgehead atoms. The predicted molar refractivity (Wildman–Crippen MR) is 80.1 cm³/mol. The maximum Gasteiger partial charge on any atom is 0.120 e. The molecule has 0 spiro atoms. The number of nitrogens with two attached hydrogens (primary N) is 1. The van der Waals surface area contributed by atoms with Gasteiger partial charge in [0.2, 0.25) is 0 Å². The van der Waals surface area contributed by atoms with E-state index in [1.165, 1.54) is 6.42 Å². The smallest absolute Gasteiger partial charge is 0.120 e. The molecule has 4 heteroatoms. The Morgan fingerprint density at radius 1 is 1.10 bits per heavy atom. The molecule has 4 nitrogen and oxygen atoms in total. The van der Waals surface area contributed by atoms with E-state index in [0.717, 1.165) is 63.2 Å². The molecule has 0 amide bonds. The monoisotopic (exact) mass is 276 g/mol. The van der Waals surface area contributed by atoms with Gasteiger partial charge in [0, 0.05) is 29.9 Å². The van der Waals surface area contributed by atoms with Crippen molar-refractivity contribution in [2.45, 2.75) is 37.6 Å². The first-order valence-corrected chi connectivity index (χ1v) is 7.64. The van der Waals surface area contributed by atoms with Crippen molar-refractivity contribution in [3.05, 3.63) is 23.8 Å². The van der Waals surface area contributed by atoms with E-state index in [1.54, 1.807) is 6.07 Å². The van der Waals surface area contributed by atoms with Crippen molar-refractivity contribution in [3.63, 3.8) is 0 Å². The zero-order valence-electron chi connectivity index (χ0n) is 12.0. The van der Waals surface area contributed by atoms with Gasteiger partial charge >= 0.3 is 0 Å². The normalized spacial score (nSPS) is 22.8. The molecule has 0 atom stereocenters. The molecule has 0 aromatic heterocycles. The van der Waals surface area contributed by atoms with Crippen LogP contribution in [0, 0.1) is 0 Å². The van der Waals surface area contributed by atoms with Crippen molar-refractivity contribution in [3.8, 4) is 5.75 Å². The standard InChI is InChI=1S/C16H24N2O2/c17-16(6-2-1-3-7-16)14-12-13(4-5-15(14)19)18-8-10-20-11-9-18/h4-5,12,19H,1-3,6-11,17H2. The first kappa shape index (κ1) is 13.7. The van der Waals surface area contributed by atoms with E-state index in [1.807, 2.05) is 6.07 Å². The summed E-state index contributed by atoms with van der Waals surface area (Å²) in [4.78, 5) is 2.30. The summed E-state index contributed by atoms with van der Waals surface area (Å²) in [6, 6.07) is 5.87. The quantitative estimate of drug-likeness (QED) is 0.870. The molecule has 110 valence electrons. The van der Waals surface area contributed by atoms with E-state index in [2.05, 4.69) is 11.0 Å². The van der Waals surface area contributed by atoms with Crippen molar-refractivity contribution in [2.24, 2.45) is 5.73 Å². The minimum Gasteiger partial charge on any atom is -0.508 e. The van der Waals surface area contributed by atoms with E-state index in [0.29, 0.717) is 5.75 Å². The molecule has 1 saturated carbocycles. The Morgan fingerprint density at radius 2 is 1.80 bits per heavy atom. The van der Waals surface area contributed by atoms with Gasteiger partial charge in [0.25, 0.3) is 0 Å². The molecular formula is C16H24N2O2. The second-order valence-electron chi connectivity index (χ2n) is 6.02. The lowest BCUT2D eigenvalue weighted by Crippen LogP contribution is -2.39. The number of aromatic hydroxyl groups is 1. The number of morpholine rings is 1. The highest BCUT2D eigenvalue weighted by Crippen LogP contribution is 2.40. The Balaban J connectivity index is 1.89. The second kappa shape index (κ2) is 5.62. The number of phenols is 1. The average molecular weight is 276 g/mol. The number of anilines is 1. The topological polar surface area (TPSA) is 58.7 Å². The minimum atomic E-state index is -0.357. The van der Waals surface area contributed by atoms with Gasteiger partial charge in [-0.25, -0.2) is 0 Å². The summed E-state index contributed by atoms with van der Waals surface area (Å²) >= 11 is 0. The summed E-state index contributed by atoms with van der Waals surface area (Å²) in [7, 11) is 0. The summed E-state index contributed by atoms with van der Waals surface area (Å²) in [5.41, 5.74) is 8.29. The van der Waals surface area contributed by atoms with Crippen molar-refractivity contribution in [1.82, 2.24) is 0 Å². The maximum absolute atomic E-state index is 10.2. The third kappa shape index (κ3) is 2.63. The van der Waals surface area contributed by atoms with Gasteiger partial charge in [0.1, 0.15) is 5.75 Å². The average Bonchev–Trinajstić information content (AvgIpc) is 2.49. The number of rotatable bonds is 2. The minimum absolute atomic E-state index is 0.339. The van der Waals surface area contributed by atoms with E-state index in [-0.39, 0.29) is 5.54 Å². The summed E-state index contributed by atoms with van der Waals surface area (Å²) in [6.45, 7) is 3.34. The first-order chi connectivity index (χ1) is 9.69. The van der Waals surface area contributed by atoms with E-state index >= 15 is 0 Å². The Bertz CT molecular complexity index is 464. The second-order valence-corrected chi connectivity index (χ2v) is 6.02. The Morgan fingerprint density at radius 3 is 2.50 bits per heavy atom. The summed E-state index contributed by atoms with van der Waals surface area (Å²) in [6.07, 6.45) is 5.48. The highest BCUT2D eigenvalue weighted by molar-refractivity contribution is 5.55. The molecule has 1 aromatic rings. The molecule has 2 aliphatic rings. The molecule has 3 rings (SSSR count). The van der Waals surface area contributed by atoms with Crippen molar-refractivity contribution in [1.29, 1.82) is 0 Å². The Kier molecular flexibility index (Phi) is 3.85. The first-order valence-electron chi connectivity index (χ1n) is 7.64. The number of phenolic OH excluding ortho intramolecular Hbond substituents is 1. The fraction of sp³-hybridized carbons (Fsp3) is 0.625. The van der Waals surface area contributed by atoms with Crippen LogP contribution >= 0.6 is 0 Å². The highest BCUT2D eigenvalue weighted by atomic mass is 16.5. The van der Waals surface area contributed by atoms with Crippen LogP contribution in [0.4, 0.5) is 5.69 Å². The lowest BCUT2D eigenvalue weighted by atomic mass is 9.77. The largest absolute Gasteiger partial charge is 0.508 e. The molecule has 3 N–H and O–H groups in total. The van der Waals surface area contributed by atoms with Crippen LogP contribution in [0.25, 0.3) is 0 Å². The van der Waals surface area contributed by atoms with Crippen LogP contribution in [-0.4, -0.2) is 31.4 Å². The van der Waals surface area contributed by atoms with Gasteiger partial charge in [-0.05, 0) is 31.0 Å². The fourth-order valence-electron chi connectivity index (χ4n) is 3.39.